The molecule has 1 aliphatic heterocycles. The molecule has 2 amide bonds. The summed E-state index contributed by atoms with van der Waals surface area (Å²) >= 11 is 0. The van der Waals surface area contributed by atoms with Gasteiger partial charge in [0.05, 0.1) is 38.3 Å². The summed E-state index contributed by atoms with van der Waals surface area (Å²) in [6, 6.07) is 8.57. The number of nitrogens with one attached hydrogen (secondary N) is 4. The van der Waals surface area contributed by atoms with E-state index >= 15 is 0 Å². The molecule has 15 heteroatoms. The predicted molar refractivity (Wildman–Crippen MR) is 178 cm³/mol. The molecule has 0 bridgehead atoms. The van der Waals surface area contributed by atoms with Gasteiger partial charge in [0.1, 0.15) is 5.60 Å². The van der Waals surface area contributed by atoms with E-state index in [1.165, 1.54) is 0 Å². The molecule has 0 radical (unpaired) electrons. The molecule has 0 saturated carbocycles. The van der Waals surface area contributed by atoms with E-state index in [1.54, 1.807) is 58.0 Å². The van der Waals surface area contributed by atoms with Crippen LogP contribution in [-0.4, -0.2) is 88.8 Å². The molecule has 0 aliphatic carbocycles. The second-order valence-electron chi connectivity index (χ2n) is 12.3. The second-order valence-corrected chi connectivity index (χ2v) is 12.3. The lowest BCUT2D eigenvalue weighted by molar-refractivity contribution is -0.162. The van der Waals surface area contributed by atoms with Crippen molar-refractivity contribution in [2.24, 2.45) is 0 Å². The number of carbonyl (C=O) groups excluding carboxylic acids is 4. The molecule has 2 aromatic carbocycles. The highest BCUT2D eigenvalue weighted by molar-refractivity contribution is 6.11. The third-order valence-electron chi connectivity index (χ3n) is 7.14. The molecule has 2 heterocycles. The van der Waals surface area contributed by atoms with Crippen molar-refractivity contribution in [3.63, 3.8) is 0 Å². The normalized spacial score (nSPS) is 14.1. The minimum atomic E-state index is -1.21. The van der Waals surface area contributed by atoms with E-state index in [0.717, 1.165) is 12.8 Å². The van der Waals surface area contributed by atoms with Gasteiger partial charge in [-0.2, -0.15) is 0 Å². The first-order chi connectivity index (χ1) is 23.4. The Hall–Kier alpha value is -4.44. The molecule has 0 atom stereocenters. The predicted octanol–water partition coefficient (Wildman–Crippen LogP) is 3.85. The molecule has 4 N–H and O–H groups in total. The largest absolute Gasteiger partial charge is 0.465 e. The van der Waals surface area contributed by atoms with Gasteiger partial charge in [-0.15, -0.1) is 0 Å². The van der Waals surface area contributed by atoms with Gasteiger partial charge < -0.3 is 54.1 Å². The number of hydrogen-bond donors (Lipinski definition) is 4. The first-order valence-electron chi connectivity index (χ1n) is 16.4. The summed E-state index contributed by atoms with van der Waals surface area (Å²) in [7, 11) is 0. The summed E-state index contributed by atoms with van der Waals surface area (Å²) in [4.78, 5) is 49.7. The van der Waals surface area contributed by atoms with Crippen LogP contribution >= 0.6 is 0 Å². The van der Waals surface area contributed by atoms with Crippen molar-refractivity contribution in [3.8, 4) is 11.5 Å². The lowest BCUT2D eigenvalue weighted by Crippen LogP contribution is -2.37. The summed E-state index contributed by atoms with van der Waals surface area (Å²) in [5.74, 6) is -1.43. The Bertz CT molecular complexity index is 1610. The number of esters is 2. The molecule has 1 fully saturated rings. The molecule has 4 rings (SSSR count). The molecule has 49 heavy (non-hydrogen) atoms. The summed E-state index contributed by atoms with van der Waals surface area (Å²) in [5, 5.41) is 12.4. The fourth-order valence-corrected chi connectivity index (χ4v) is 4.87. The SMILES string of the molecule is CCCCOC(=O)CNCCNC(=O)Oc1c2ccccc2c(OC(=O)NCCNCC(=O)OC(C)(C)C)c2oc(C3(C)OCCO3)cc12. The van der Waals surface area contributed by atoms with Crippen molar-refractivity contribution in [1.82, 2.24) is 21.3 Å². The molecule has 1 aromatic heterocycles. The maximum absolute atomic E-state index is 13.0. The van der Waals surface area contributed by atoms with Gasteiger partial charge in [0.25, 0.3) is 0 Å². The summed E-state index contributed by atoms with van der Waals surface area (Å²) in [5.41, 5.74) is -0.458. The van der Waals surface area contributed by atoms with Crippen LogP contribution in [0.15, 0.2) is 34.7 Å². The van der Waals surface area contributed by atoms with Crippen LogP contribution in [-0.2, 0) is 34.3 Å². The van der Waals surface area contributed by atoms with E-state index in [2.05, 4.69) is 21.3 Å². The van der Waals surface area contributed by atoms with E-state index in [-0.39, 0.29) is 61.5 Å². The number of unbranched alkanes of at least 4 members (excludes halogenated alkanes) is 1. The van der Waals surface area contributed by atoms with Crippen molar-refractivity contribution < 1.29 is 52.0 Å². The van der Waals surface area contributed by atoms with Crippen molar-refractivity contribution in [2.45, 2.75) is 58.8 Å². The quantitative estimate of drug-likeness (QED) is 0.126. The Kier molecular flexibility index (Phi) is 13.2. The van der Waals surface area contributed by atoms with Crippen molar-refractivity contribution in [2.75, 3.05) is 59.1 Å². The van der Waals surface area contributed by atoms with Crippen LogP contribution in [0.2, 0.25) is 0 Å². The number of benzene rings is 2. The molecule has 1 aliphatic rings. The molecular weight excluding hydrogens is 640 g/mol. The highest BCUT2D eigenvalue weighted by Crippen LogP contribution is 2.46. The first kappa shape index (κ1) is 37.4. The fraction of sp³-hybridized carbons (Fsp3) is 0.529. The van der Waals surface area contributed by atoms with Gasteiger partial charge in [-0.1, -0.05) is 37.6 Å². The average Bonchev–Trinajstić information content (AvgIpc) is 3.70. The van der Waals surface area contributed by atoms with Crippen LogP contribution in [0.5, 0.6) is 11.5 Å². The lowest BCUT2D eigenvalue weighted by Gasteiger charge is -2.19. The highest BCUT2D eigenvalue weighted by atomic mass is 16.7. The third kappa shape index (κ3) is 10.8. The standard InChI is InChI=1S/C34H46N4O11/c1-6-7-16-43-26(39)20-35-12-14-37-31(41)47-28-22-10-8-9-11-23(22)29(30-24(28)19-25(46-30)34(5)44-17-18-45-34)48-32(42)38-15-13-36-21-27(40)49-33(2,3)4/h8-11,19,35-36H,6-7,12-18,20-21H2,1-5H3,(H,37,41)(H,38,42). The van der Waals surface area contributed by atoms with Gasteiger partial charge in [-0.05, 0) is 40.2 Å². The lowest BCUT2D eigenvalue weighted by atomic mass is 10.0. The van der Waals surface area contributed by atoms with Gasteiger partial charge in [0.15, 0.2) is 22.8 Å². The maximum Gasteiger partial charge on any atom is 0.412 e. The van der Waals surface area contributed by atoms with Crippen molar-refractivity contribution >= 4 is 45.9 Å². The molecule has 3 aromatic rings. The zero-order valence-electron chi connectivity index (χ0n) is 28.7. The fourth-order valence-electron chi connectivity index (χ4n) is 4.87. The Morgan fingerprint density at radius 2 is 1.39 bits per heavy atom. The summed E-state index contributed by atoms with van der Waals surface area (Å²) in [6.07, 6.45) is 0.218. The van der Waals surface area contributed by atoms with E-state index in [0.29, 0.717) is 42.5 Å². The van der Waals surface area contributed by atoms with Gasteiger partial charge >= 0.3 is 24.1 Å². The number of furan rings is 1. The number of fused-ring (bicyclic) bond motifs is 2. The number of carbonyl (C=O) groups is 4. The molecule has 268 valence electrons. The second kappa shape index (κ2) is 17.3. The Labute approximate surface area is 284 Å². The highest BCUT2D eigenvalue weighted by Gasteiger charge is 2.38. The van der Waals surface area contributed by atoms with Crippen LogP contribution < -0.4 is 30.7 Å². The minimum absolute atomic E-state index is 0.0172. The number of ether oxygens (including phenoxy) is 6. The van der Waals surface area contributed by atoms with E-state index in [1.807, 2.05) is 6.92 Å². The van der Waals surface area contributed by atoms with Crippen LogP contribution in [0.4, 0.5) is 9.59 Å². The van der Waals surface area contributed by atoms with Gasteiger partial charge in [0.2, 0.25) is 5.79 Å². The summed E-state index contributed by atoms with van der Waals surface area (Å²) < 4.78 is 39.8. The van der Waals surface area contributed by atoms with Gasteiger partial charge in [0, 0.05) is 37.0 Å². The molecule has 15 nitrogen and oxygen atoms in total. The zero-order chi connectivity index (χ0) is 35.4. The summed E-state index contributed by atoms with van der Waals surface area (Å²) in [6.45, 7) is 11.0. The molecule has 1 saturated heterocycles. The molecule has 0 spiro atoms. The van der Waals surface area contributed by atoms with Crippen molar-refractivity contribution in [3.05, 3.63) is 36.1 Å². The minimum Gasteiger partial charge on any atom is -0.465 e. The monoisotopic (exact) mass is 686 g/mol. The van der Waals surface area contributed by atoms with Crippen LogP contribution in [0.3, 0.4) is 0 Å². The first-order valence-corrected chi connectivity index (χ1v) is 16.4. The van der Waals surface area contributed by atoms with Gasteiger partial charge in [-0.3, -0.25) is 9.59 Å². The zero-order valence-corrected chi connectivity index (χ0v) is 28.7. The number of rotatable bonds is 16. The Morgan fingerprint density at radius 1 is 0.816 bits per heavy atom. The average molecular weight is 687 g/mol. The Morgan fingerprint density at radius 3 is 1.98 bits per heavy atom. The van der Waals surface area contributed by atoms with Crippen LogP contribution in [0, 0.1) is 0 Å². The smallest absolute Gasteiger partial charge is 0.412 e. The van der Waals surface area contributed by atoms with Gasteiger partial charge in [-0.25, -0.2) is 9.59 Å². The number of hydrogen-bond acceptors (Lipinski definition) is 13. The van der Waals surface area contributed by atoms with E-state index < -0.39 is 29.5 Å². The van der Waals surface area contributed by atoms with E-state index in [9.17, 15) is 19.2 Å². The third-order valence-corrected chi connectivity index (χ3v) is 7.14. The topological polar surface area (TPSA) is 185 Å². The Balaban J connectivity index is 1.47. The number of amides is 2. The van der Waals surface area contributed by atoms with Crippen LogP contribution in [0.1, 0.15) is 53.2 Å². The van der Waals surface area contributed by atoms with E-state index in [4.69, 9.17) is 32.8 Å². The molecular formula is C34H46N4O11. The van der Waals surface area contributed by atoms with Crippen molar-refractivity contribution in [1.29, 1.82) is 0 Å². The maximum atomic E-state index is 13.0. The van der Waals surface area contributed by atoms with Crippen LogP contribution in [0.25, 0.3) is 21.7 Å². The molecule has 0 unspecified atom stereocenters.